The van der Waals surface area contributed by atoms with Crippen LogP contribution in [0.5, 0.6) is 0 Å². The molecule has 3 N–H and O–H groups in total. The van der Waals surface area contributed by atoms with Gasteiger partial charge in [0.05, 0.1) is 0 Å². The number of alkyl halides is 3. The molecule has 0 amide bonds. The lowest BCUT2D eigenvalue weighted by atomic mass is 9.96. The zero-order valence-electron chi connectivity index (χ0n) is 13.9. The van der Waals surface area contributed by atoms with Crippen LogP contribution in [-0.4, -0.2) is 38.9 Å². The van der Waals surface area contributed by atoms with E-state index in [2.05, 4.69) is 26.8 Å². The summed E-state index contributed by atoms with van der Waals surface area (Å²) in [5.41, 5.74) is -1.15. The van der Waals surface area contributed by atoms with Crippen molar-refractivity contribution in [2.24, 2.45) is 5.92 Å². The summed E-state index contributed by atoms with van der Waals surface area (Å²) in [6.45, 7) is 3.50. The molecule has 0 bridgehead atoms. The first-order valence-electron chi connectivity index (χ1n) is 8.34. The fourth-order valence-electron chi connectivity index (χ4n) is 2.55. The molecular formula is C16H19F4N5O. The third-order valence-electron chi connectivity index (χ3n) is 4.24. The van der Waals surface area contributed by atoms with Crippen molar-refractivity contribution in [3.63, 3.8) is 0 Å². The Morgan fingerprint density at radius 1 is 1.15 bits per heavy atom. The third kappa shape index (κ3) is 4.48. The Morgan fingerprint density at radius 3 is 2.50 bits per heavy atom. The van der Waals surface area contributed by atoms with E-state index in [1.54, 1.807) is 0 Å². The second-order valence-electron chi connectivity index (χ2n) is 6.47. The number of aliphatic hydroxyl groups excluding tert-OH is 1. The third-order valence-corrected chi connectivity index (χ3v) is 4.24. The molecular weight excluding hydrogens is 354 g/mol. The monoisotopic (exact) mass is 373 g/mol. The lowest BCUT2D eigenvalue weighted by Crippen LogP contribution is -2.21. The summed E-state index contributed by atoms with van der Waals surface area (Å²) in [6, 6.07) is 0. The van der Waals surface area contributed by atoms with Gasteiger partial charge in [-0.2, -0.15) is 28.1 Å². The number of nitrogens with one attached hydrogen (secondary N) is 2. The first kappa shape index (κ1) is 18.6. The molecule has 142 valence electrons. The van der Waals surface area contributed by atoms with Crippen molar-refractivity contribution < 1.29 is 22.7 Å². The quantitative estimate of drug-likeness (QED) is 0.663. The standard InChI is InChI=1S/C16H19F4N5O/c1-8(16(18,19)20)22-15-24-13(10-3-2-4-11(26)12(10)17)23-14(25-15)21-7-9-5-6-9/h9,11,26H,1-7H2,(H2,21,22,23,24,25). The van der Waals surface area contributed by atoms with Crippen molar-refractivity contribution in [2.75, 3.05) is 17.2 Å². The first-order valence-corrected chi connectivity index (χ1v) is 8.34. The highest BCUT2D eigenvalue weighted by Crippen LogP contribution is 2.33. The van der Waals surface area contributed by atoms with Crippen LogP contribution in [0.25, 0.3) is 5.57 Å². The second kappa shape index (κ2) is 7.18. The fraction of sp³-hybridized carbons (Fsp3) is 0.562. The van der Waals surface area contributed by atoms with E-state index in [1.165, 1.54) is 0 Å². The molecule has 0 aromatic carbocycles. The van der Waals surface area contributed by atoms with Crippen LogP contribution in [0.15, 0.2) is 18.1 Å². The van der Waals surface area contributed by atoms with Gasteiger partial charge in [0.1, 0.15) is 17.6 Å². The van der Waals surface area contributed by atoms with E-state index in [-0.39, 0.29) is 36.1 Å². The molecule has 1 unspecified atom stereocenters. The number of hydrogen-bond acceptors (Lipinski definition) is 6. The highest BCUT2D eigenvalue weighted by Gasteiger charge is 2.33. The van der Waals surface area contributed by atoms with Crippen molar-refractivity contribution in [2.45, 2.75) is 44.4 Å². The maximum Gasteiger partial charge on any atom is 0.430 e. The number of aromatic nitrogens is 3. The zero-order valence-corrected chi connectivity index (χ0v) is 13.9. The van der Waals surface area contributed by atoms with Crippen LogP contribution in [0.2, 0.25) is 0 Å². The number of aliphatic hydroxyl groups is 1. The number of allylic oxidation sites excluding steroid dienone is 2. The van der Waals surface area contributed by atoms with E-state index in [9.17, 15) is 22.7 Å². The van der Waals surface area contributed by atoms with Crippen LogP contribution in [-0.2, 0) is 0 Å². The van der Waals surface area contributed by atoms with Crippen LogP contribution in [0, 0.1) is 5.92 Å². The molecule has 1 saturated carbocycles. The van der Waals surface area contributed by atoms with E-state index in [0.29, 0.717) is 18.9 Å². The van der Waals surface area contributed by atoms with Gasteiger partial charge in [0, 0.05) is 12.1 Å². The van der Waals surface area contributed by atoms with Gasteiger partial charge in [0.25, 0.3) is 0 Å². The summed E-state index contributed by atoms with van der Waals surface area (Å²) >= 11 is 0. The Balaban J connectivity index is 1.91. The molecule has 0 saturated heterocycles. The van der Waals surface area contributed by atoms with Gasteiger partial charge in [-0.15, -0.1) is 0 Å². The van der Waals surface area contributed by atoms with E-state index in [4.69, 9.17) is 0 Å². The van der Waals surface area contributed by atoms with Crippen molar-refractivity contribution in [1.29, 1.82) is 0 Å². The summed E-state index contributed by atoms with van der Waals surface area (Å²) in [7, 11) is 0. The normalized spacial score (nSPS) is 20.9. The highest BCUT2D eigenvalue weighted by molar-refractivity contribution is 5.65. The molecule has 26 heavy (non-hydrogen) atoms. The lowest BCUT2D eigenvalue weighted by Gasteiger charge is -2.20. The molecule has 1 heterocycles. The molecule has 10 heteroatoms. The number of nitrogens with zero attached hydrogens (tertiary/aromatic N) is 3. The molecule has 2 aliphatic carbocycles. The predicted molar refractivity (Wildman–Crippen MR) is 87.7 cm³/mol. The maximum atomic E-state index is 14.3. The number of hydrogen-bond donors (Lipinski definition) is 3. The molecule has 1 fully saturated rings. The molecule has 3 rings (SSSR count). The van der Waals surface area contributed by atoms with Crippen LogP contribution in [0.1, 0.15) is 37.9 Å². The summed E-state index contributed by atoms with van der Waals surface area (Å²) < 4.78 is 52.4. The molecule has 1 aromatic rings. The molecule has 1 atom stereocenters. The smallest absolute Gasteiger partial charge is 0.386 e. The molecule has 1 aromatic heterocycles. The minimum atomic E-state index is -4.67. The summed E-state index contributed by atoms with van der Waals surface area (Å²) in [6.07, 6.45) is -2.70. The van der Waals surface area contributed by atoms with Gasteiger partial charge in [-0.3, -0.25) is 0 Å². The minimum Gasteiger partial charge on any atom is -0.386 e. The Morgan fingerprint density at radius 2 is 1.85 bits per heavy atom. The maximum absolute atomic E-state index is 14.3. The van der Waals surface area contributed by atoms with Crippen molar-refractivity contribution in [3.05, 3.63) is 23.9 Å². The Kier molecular flexibility index (Phi) is 5.12. The van der Waals surface area contributed by atoms with Gasteiger partial charge in [-0.25, -0.2) is 4.39 Å². The summed E-state index contributed by atoms with van der Waals surface area (Å²) in [4.78, 5) is 11.9. The van der Waals surface area contributed by atoms with Crippen molar-refractivity contribution in [3.8, 4) is 0 Å². The van der Waals surface area contributed by atoms with Gasteiger partial charge in [0.2, 0.25) is 11.9 Å². The van der Waals surface area contributed by atoms with E-state index in [1.807, 2.05) is 5.32 Å². The van der Waals surface area contributed by atoms with Crippen LogP contribution >= 0.6 is 0 Å². The van der Waals surface area contributed by atoms with Gasteiger partial charge < -0.3 is 15.7 Å². The lowest BCUT2D eigenvalue weighted by molar-refractivity contribution is -0.0899. The van der Waals surface area contributed by atoms with Gasteiger partial charge >= 0.3 is 6.18 Å². The summed E-state index contributed by atoms with van der Waals surface area (Å²) in [5, 5.41) is 14.6. The Labute approximate surface area is 147 Å². The summed E-state index contributed by atoms with van der Waals surface area (Å²) in [5.74, 6) is -0.692. The first-order chi connectivity index (χ1) is 12.2. The van der Waals surface area contributed by atoms with Crippen molar-refractivity contribution in [1.82, 2.24) is 15.0 Å². The topological polar surface area (TPSA) is 83.0 Å². The van der Waals surface area contributed by atoms with Crippen LogP contribution in [0.3, 0.4) is 0 Å². The van der Waals surface area contributed by atoms with Gasteiger partial charge in [-0.1, -0.05) is 6.58 Å². The average Bonchev–Trinajstić information content (AvgIpc) is 3.39. The van der Waals surface area contributed by atoms with E-state index in [0.717, 1.165) is 12.8 Å². The predicted octanol–water partition coefficient (Wildman–Crippen LogP) is 3.41. The Hall–Kier alpha value is -2.23. The molecule has 0 radical (unpaired) electrons. The largest absolute Gasteiger partial charge is 0.430 e. The molecule has 0 aliphatic heterocycles. The fourth-order valence-corrected chi connectivity index (χ4v) is 2.55. The van der Waals surface area contributed by atoms with Crippen LogP contribution < -0.4 is 10.6 Å². The highest BCUT2D eigenvalue weighted by atomic mass is 19.4. The molecule has 6 nitrogen and oxygen atoms in total. The molecule has 0 spiro atoms. The Bertz CT molecular complexity index is 730. The number of halogens is 4. The average molecular weight is 373 g/mol. The number of anilines is 2. The van der Waals surface area contributed by atoms with Gasteiger partial charge in [-0.05, 0) is 38.0 Å². The second-order valence-corrected chi connectivity index (χ2v) is 6.47. The van der Waals surface area contributed by atoms with E-state index < -0.39 is 23.8 Å². The zero-order chi connectivity index (χ0) is 18.9. The van der Waals surface area contributed by atoms with E-state index >= 15 is 0 Å². The minimum absolute atomic E-state index is 0.0553. The van der Waals surface area contributed by atoms with Crippen molar-refractivity contribution >= 4 is 17.5 Å². The number of rotatable bonds is 6. The SMILES string of the molecule is C=C(Nc1nc(NCC2CC2)nc(C2=C(F)C(O)CCC2)n1)C(F)(F)F. The van der Waals surface area contributed by atoms with Gasteiger partial charge in [0.15, 0.2) is 5.82 Å². The molecule has 2 aliphatic rings. The van der Waals surface area contributed by atoms with Crippen LogP contribution in [0.4, 0.5) is 29.5 Å².